The Morgan fingerprint density at radius 2 is 2.31 bits per heavy atom. The minimum Gasteiger partial charge on any atom is -0.326 e. The predicted octanol–water partition coefficient (Wildman–Crippen LogP) is 3.71. The average molecular weight is 254 g/mol. The van der Waals surface area contributed by atoms with Crippen LogP contribution in [0.1, 0.15) is 6.92 Å². The number of anilines is 1. The quantitative estimate of drug-likeness (QED) is 0.830. The molecule has 1 heterocycles. The van der Waals surface area contributed by atoms with Gasteiger partial charge in [-0.25, -0.2) is 0 Å². The van der Waals surface area contributed by atoms with Gasteiger partial charge in [0.2, 0.25) is 5.91 Å². The highest BCUT2D eigenvalue weighted by Gasteiger charge is 2.11. The number of rotatable bonds is 3. The summed E-state index contributed by atoms with van der Waals surface area (Å²) < 4.78 is 1.23. The molecule has 0 aliphatic heterocycles. The van der Waals surface area contributed by atoms with E-state index in [0.717, 1.165) is 11.1 Å². The summed E-state index contributed by atoms with van der Waals surface area (Å²) in [5.74, 6) is 0.136. The summed E-state index contributed by atoms with van der Waals surface area (Å²) in [4.78, 5) is 11.6. The molecule has 2 nitrogen and oxygen atoms in total. The second-order valence-corrected chi connectivity index (χ2v) is 4.97. The van der Waals surface area contributed by atoms with Gasteiger partial charge in [0.1, 0.15) is 0 Å². The average Bonchev–Trinajstić information content (AvgIpc) is 2.75. The van der Waals surface area contributed by atoms with E-state index >= 15 is 0 Å². The maximum Gasteiger partial charge on any atom is 0.228 e. The zero-order valence-electron chi connectivity index (χ0n) is 8.87. The molecule has 0 spiro atoms. The summed E-state index contributed by atoms with van der Waals surface area (Å²) in [6.45, 7) is 1.81. The number of hydrogen-bond acceptors (Lipinski definition) is 2. The Morgan fingerprint density at radius 3 is 3.06 bits per heavy atom. The SMILES string of the molecule is CC(CCl)C(=O)Nc1ccc2sccc2c1. The highest BCUT2D eigenvalue weighted by molar-refractivity contribution is 7.17. The molecule has 0 aliphatic carbocycles. The van der Waals surface area contributed by atoms with Crippen molar-refractivity contribution in [1.29, 1.82) is 0 Å². The first-order chi connectivity index (χ1) is 7.70. The monoisotopic (exact) mass is 253 g/mol. The third-order valence-corrected chi connectivity index (χ3v) is 3.76. The Hall–Kier alpha value is -1.06. The lowest BCUT2D eigenvalue weighted by molar-refractivity contribution is -0.118. The van der Waals surface area contributed by atoms with Crippen molar-refractivity contribution in [3.05, 3.63) is 29.6 Å². The van der Waals surface area contributed by atoms with E-state index in [4.69, 9.17) is 11.6 Å². The Labute approximate surface area is 103 Å². The van der Waals surface area contributed by atoms with Gasteiger partial charge in [0.25, 0.3) is 0 Å². The summed E-state index contributed by atoms with van der Waals surface area (Å²) in [5, 5.41) is 6.05. The van der Waals surface area contributed by atoms with Gasteiger partial charge in [-0.3, -0.25) is 4.79 Å². The summed E-state index contributed by atoms with van der Waals surface area (Å²) in [7, 11) is 0. The molecule has 1 aromatic carbocycles. The number of amides is 1. The lowest BCUT2D eigenvalue weighted by Gasteiger charge is -2.09. The van der Waals surface area contributed by atoms with Gasteiger partial charge in [0.05, 0.1) is 0 Å². The molecule has 0 aliphatic rings. The van der Waals surface area contributed by atoms with Gasteiger partial charge < -0.3 is 5.32 Å². The predicted molar refractivity (Wildman–Crippen MR) is 70.3 cm³/mol. The van der Waals surface area contributed by atoms with Gasteiger partial charge in [-0.2, -0.15) is 0 Å². The van der Waals surface area contributed by atoms with Gasteiger partial charge in [0.15, 0.2) is 0 Å². The number of halogens is 1. The molecule has 0 saturated carbocycles. The van der Waals surface area contributed by atoms with Gasteiger partial charge in [-0.1, -0.05) is 6.92 Å². The minimum absolute atomic E-state index is 0.0374. The fourth-order valence-electron chi connectivity index (χ4n) is 1.38. The maximum atomic E-state index is 11.6. The van der Waals surface area contributed by atoms with E-state index < -0.39 is 0 Å². The molecule has 1 N–H and O–H groups in total. The van der Waals surface area contributed by atoms with Crippen LogP contribution in [0, 0.1) is 5.92 Å². The number of thiophene rings is 1. The van der Waals surface area contributed by atoms with Crippen LogP contribution in [0.3, 0.4) is 0 Å². The summed E-state index contributed by atoms with van der Waals surface area (Å²) in [6, 6.07) is 7.95. The fourth-order valence-corrected chi connectivity index (χ4v) is 2.29. The van der Waals surface area contributed by atoms with Crippen molar-refractivity contribution in [2.75, 3.05) is 11.2 Å². The van der Waals surface area contributed by atoms with Crippen LogP contribution in [0.4, 0.5) is 5.69 Å². The standard InChI is InChI=1S/C12H12ClNOS/c1-8(7-13)12(15)14-10-2-3-11-9(6-10)4-5-16-11/h2-6,8H,7H2,1H3,(H,14,15). The Kier molecular flexibility index (Phi) is 3.46. The summed E-state index contributed by atoms with van der Waals surface area (Å²) >= 11 is 7.32. The molecule has 0 fully saturated rings. The smallest absolute Gasteiger partial charge is 0.228 e. The molecule has 0 saturated heterocycles. The van der Waals surface area contributed by atoms with Crippen LogP contribution in [0.5, 0.6) is 0 Å². The van der Waals surface area contributed by atoms with Gasteiger partial charge in [-0.05, 0) is 35.0 Å². The van der Waals surface area contributed by atoms with Crippen molar-refractivity contribution < 1.29 is 4.79 Å². The number of benzene rings is 1. The molecule has 2 aromatic rings. The molecule has 1 amide bonds. The van der Waals surface area contributed by atoms with E-state index in [9.17, 15) is 4.79 Å². The molecule has 0 radical (unpaired) electrons. The normalized spacial score (nSPS) is 12.6. The molecule has 2 rings (SSSR count). The van der Waals surface area contributed by atoms with Gasteiger partial charge in [-0.15, -0.1) is 22.9 Å². The van der Waals surface area contributed by atoms with E-state index in [-0.39, 0.29) is 11.8 Å². The number of carbonyl (C=O) groups excluding carboxylic acids is 1. The molecule has 1 aromatic heterocycles. The van der Waals surface area contributed by atoms with Crippen molar-refractivity contribution in [2.45, 2.75) is 6.92 Å². The largest absolute Gasteiger partial charge is 0.326 e. The van der Waals surface area contributed by atoms with Crippen molar-refractivity contribution >= 4 is 44.6 Å². The van der Waals surface area contributed by atoms with Crippen molar-refractivity contribution in [1.82, 2.24) is 0 Å². The Balaban J connectivity index is 2.17. The molecule has 4 heteroatoms. The van der Waals surface area contributed by atoms with Crippen molar-refractivity contribution in [3.63, 3.8) is 0 Å². The summed E-state index contributed by atoms with van der Waals surface area (Å²) in [5.41, 5.74) is 0.827. The van der Waals surface area contributed by atoms with Crippen molar-refractivity contribution in [2.24, 2.45) is 5.92 Å². The lowest BCUT2D eigenvalue weighted by atomic mass is 10.2. The minimum atomic E-state index is -0.167. The first-order valence-corrected chi connectivity index (χ1v) is 6.46. The van der Waals surface area contributed by atoms with Crippen LogP contribution < -0.4 is 5.32 Å². The molecule has 1 unspecified atom stereocenters. The summed E-state index contributed by atoms with van der Waals surface area (Å²) in [6.07, 6.45) is 0. The lowest BCUT2D eigenvalue weighted by Crippen LogP contribution is -2.21. The highest BCUT2D eigenvalue weighted by Crippen LogP contribution is 2.24. The molecule has 84 valence electrons. The first kappa shape index (κ1) is 11.4. The number of fused-ring (bicyclic) bond motifs is 1. The van der Waals surface area contributed by atoms with Crippen LogP contribution in [-0.4, -0.2) is 11.8 Å². The van der Waals surface area contributed by atoms with Crippen LogP contribution in [0.25, 0.3) is 10.1 Å². The Bertz CT molecular complexity index is 508. The van der Waals surface area contributed by atoms with Crippen LogP contribution in [0.15, 0.2) is 29.6 Å². The topological polar surface area (TPSA) is 29.1 Å². The van der Waals surface area contributed by atoms with Crippen molar-refractivity contribution in [3.8, 4) is 0 Å². The molecule has 16 heavy (non-hydrogen) atoms. The first-order valence-electron chi connectivity index (χ1n) is 5.05. The number of hydrogen-bond donors (Lipinski definition) is 1. The van der Waals surface area contributed by atoms with Crippen LogP contribution >= 0.6 is 22.9 Å². The molecule has 0 bridgehead atoms. The van der Waals surface area contributed by atoms with E-state index in [1.165, 1.54) is 4.70 Å². The number of alkyl halides is 1. The van der Waals surface area contributed by atoms with E-state index in [1.807, 2.05) is 36.6 Å². The van der Waals surface area contributed by atoms with Gasteiger partial charge in [0, 0.05) is 22.2 Å². The third kappa shape index (κ3) is 2.36. The Morgan fingerprint density at radius 1 is 1.50 bits per heavy atom. The molecule has 1 atom stereocenters. The van der Waals surface area contributed by atoms with Gasteiger partial charge >= 0.3 is 0 Å². The molecular formula is C12H12ClNOS. The molecular weight excluding hydrogens is 242 g/mol. The van der Waals surface area contributed by atoms with E-state index in [2.05, 4.69) is 5.32 Å². The maximum absolute atomic E-state index is 11.6. The van der Waals surface area contributed by atoms with Crippen LogP contribution in [-0.2, 0) is 4.79 Å². The van der Waals surface area contributed by atoms with E-state index in [1.54, 1.807) is 11.3 Å². The fraction of sp³-hybridized carbons (Fsp3) is 0.250. The zero-order valence-corrected chi connectivity index (χ0v) is 10.4. The van der Waals surface area contributed by atoms with Crippen LogP contribution in [0.2, 0.25) is 0 Å². The number of nitrogens with one attached hydrogen (secondary N) is 1. The second kappa shape index (κ2) is 4.85. The third-order valence-electron chi connectivity index (χ3n) is 2.40. The number of carbonyl (C=O) groups is 1. The van der Waals surface area contributed by atoms with E-state index in [0.29, 0.717) is 5.88 Å². The highest BCUT2D eigenvalue weighted by atomic mass is 35.5. The zero-order chi connectivity index (χ0) is 11.5. The second-order valence-electron chi connectivity index (χ2n) is 3.72.